The van der Waals surface area contributed by atoms with Crippen LogP contribution in [-0.2, 0) is 6.54 Å². The Balaban J connectivity index is 2.12. The van der Waals surface area contributed by atoms with Crippen molar-refractivity contribution in [3.63, 3.8) is 0 Å². The van der Waals surface area contributed by atoms with Gasteiger partial charge in [-0.2, -0.15) is 0 Å². The molecule has 0 aliphatic carbocycles. The highest BCUT2D eigenvalue weighted by molar-refractivity contribution is 6.30. The van der Waals surface area contributed by atoms with Gasteiger partial charge in [-0.05, 0) is 45.1 Å². The molecule has 19 heavy (non-hydrogen) atoms. The topological polar surface area (TPSA) is 32.5 Å². The first-order chi connectivity index (χ1) is 8.97. The summed E-state index contributed by atoms with van der Waals surface area (Å²) in [6, 6.07) is 8.66. The summed E-state index contributed by atoms with van der Waals surface area (Å²) in [6.07, 6.45) is 1.12. The predicted molar refractivity (Wildman–Crippen MR) is 81.4 cm³/mol. The van der Waals surface area contributed by atoms with Crippen molar-refractivity contribution in [2.75, 3.05) is 27.2 Å². The Morgan fingerprint density at radius 1 is 1.53 bits per heavy atom. The van der Waals surface area contributed by atoms with E-state index in [1.165, 1.54) is 5.56 Å². The quantitative estimate of drug-likeness (QED) is 0.918. The molecule has 1 fully saturated rings. The van der Waals surface area contributed by atoms with Crippen molar-refractivity contribution < 1.29 is 0 Å². The van der Waals surface area contributed by atoms with Gasteiger partial charge in [0.15, 0.2) is 0 Å². The van der Waals surface area contributed by atoms with E-state index in [1.54, 1.807) is 0 Å². The molecular weight excluding hydrogens is 258 g/mol. The molecule has 1 aliphatic heterocycles. The van der Waals surface area contributed by atoms with Crippen LogP contribution in [-0.4, -0.2) is 48.6 Å². The van der Waals surface area contributed by atoms with Crippen LogP contribution in [0.15, 0.2) is 24.3 Å². The van der Waals surface area contributed by atoms with Crippen LogP contribution in [0.4, 0.5) is 0 Å². The third-order valence-corrected chi connectivity index (χ3v) is 4.71. The number of likely N-dealkylation sites (tertiary alicyclic amines) is 1. The van der Waals surface area contributed by atoms with Crippen molar-refractivity contribution in [2.45, 2.75) is 31.5 Å². The van der Waals surface area contributed by atoms with E-state index in [0.717, 1.165) is 24.5 Å². The van der Waals surface area contributed by atoms with Crippen LogP contribution in [0.1, 0.15) is 18.9 Å². The first kappa shape index (κ1) is 14.8. The van der Waals surface area contributed by atoms with Gasteiger partial charge in [-0.25, -0.2) is 0 Å². The fraction of sp³-hybridized carbons (Fsp3) is 0.600. The van der Waals surface area contributed by atoms with Crippen LogP contribution in [0.3, 0.4) is 0 Å². The van der Waals surface area contributed by atoms with Gasteiger partial charge in [0.05, 0.1) is 0 Å². The largest absolute Gasteiger partial charge is 0.329 e. The van der Waals surface area contributed by atoms with Gasteiger partial charge in [0.2, 0.25) is 0 Å². The zero-order valence-corrected chi connectivity index (χ0v) is 12.8. The highest BCUT2D eigenvalue weighted by Gasteiger charge is 2.42. The second kappa shape index (κ2) is 5.80. The summed E-state index contributed by atoms with van der Waals surface area (Å²) >= 11 is 6.05. The third kappa shape index (κ3) is 3.11. The molecule has 2 rings (SSSR count). The van der Waals surface area contributed by atoms with Gasteiger partial charge in [0, 0.05) is 36.2 Å². The number of likely N-dealkylation sites (N-methyl/N-ethyl adjacent to an activating group) is 2. The van der Waals surface area contributed by atoms with Gasteiger partial charge in [-0.15, -0.1) is 0 Å². The van der Waals surface area contributed by atoms with Crippen molar-refractivity contribution >= 4 is 11.6 Å². The Labute approximate surface area is 121 Å². The van der Waals surface area contributed by atoms with Gasteiger partial charge in [-0.3, -0.25) is 4.90 Å². The van der Waals surface area contributed by atoms with E-state index in [-0.39, 0.29) is 5.54 Å². The number of nitrogens with zero attached hydrogens (tertiary/aromatic N) is 2. The van der Waals surface area contributed by atoms with Crippen LogP contribution >= 0.6 is 11.6 Å². The molecule has 1 saturated heterocycles. The molecule has 2 atom stereocenters. The Morgan fingerprint density at radius 3 is 2.79 bits per heavy atom. The third-order valence-electron chi connectivity index (χ3n) is 4.47. The second-order valence-corrected chi connectivity index (χ2v) is 6.32. The van der Waals surface area contributed by atoms with Crippen molar-refractivity contribution in [3.8, 4) is 0 Å². The van der Waals surface area contributed by atoms with Crippen molar-refractivity contribution in [2.24, 2.45) is 5.73 Å². The SMILES string of the molecule is CC1CC(CN)(N(C)Cc2cccc(Cl)c2)CN1C. The molecule has 1 aliphatic rings. The average Bonchev–Trinajstić information content (AvgIpc) is 2.66. The molecule has 1 aromatic rings. The maximum Gasteiger partial charge on any atom is 0.0473 e. The standard InChI is InChI=1S/C15H24ClN3/c1-12-8-15(10-17,11-18(12)2)19(3)9-13-5-4-6-14(16)7-13/h4-7,12H,8-11,17H2,1-3H3. The number of benzene rings is 1. The molecule has 1 aromatic carbocycles. The second-order valence-electron chi connectivity index (χ2n) is 5.88. The van der Waals surface area contributed by atoms with Gasteiger partial charge >= 0.3 is 0 Å². The summed E-state index contributed by atoms with van der Waals surface area (Å²) in [6.45, 7) is 4.88. The lowest BCUT2D eigenvalue weighted by atomic mass is 9.94. The Hall–Kier alpha value is -0.610. The Bertz CT molecular complexity index is 425. The molecule has 106 valence electrons. The van der Waals surface area contributed by atoms with E-state index in [1.807, 2.05) is 18.2 Å². The lowest BCUT2D eigenvalue weighted by molar-refractivity contribution is 0.126. The van der Waals surface area contributed by atoms with Gasteiger partial charge in [-0.1, -0.05) is 23.7 Å². The maximum atomic E-state index is 6.08. The highest BCUT2D eigenvalue weighted by atomic mass is 35.5. The molecule has 0 radical (unpaired) electrons. The molecule has 2 N–H and O–H groups in total. The normalized spacial score (nSPS) is 28.2. The van der Waals surface area contributed by atoms with Crippen molar-refractivity contribution in [1.82, 2.24) is 9.80 Å². The smallest absolute Gasteiger partial charge is 0.0473 e. The van der Waals surface area contributed by atoms with Gasteiger partial charge in [0.1, 0.15) is 0 Å². The molecule has 0 amide bonds. The van der Waals surface area contributed by atoms with Crippen LogP contribution in [0.5, 0.6) is 0 Å². The molecule has 1 heterocycles. The number of rotatable bonds is 4. The lowest BCUT2D eigenvalue weighted by Crippen LogP contribution is -2.53. The van der Waals surface area contributed by atoms with E-state index in [0.29, 0.717) is 12.6 Å². The zero-order chi connectivity index (χ0) is 14.0. The number of hydrogen-bond acceptors (Lipinski definition) is 3. The first-order valence-electron chi connectivity index (χ1n) is 6.83. The molecular formula is C15H24ClN3. The van der Waals surface area contributed by atoms with E-state index in [9.17, 15) is 0 Å². The van der Waals surface area contributed by atoms with Gasteiger partial charge < -0.3 is 10.6 Å². The molecule has 0 bridgehead atoms. The summed E-state index contributed by atoms with van der Waals surface area (Å²) in [5, 5.41) is 0.796. The van der Waals surface area contributed by atoms with E-state index < -0.39 is 0 Å². The Kier molecular flexibility index (Phi) is 4.51. The molecule has 4 heteroatoms. The van der Waals surface area contributed by atoms with Crippen molar-refractivity contribution in [3.05, 3.63) is 34.9 Å². The highest BCUT2D eigenvalue weighted by Crippen LogP contribution is 2.31. The summed E-state index contributed by atoms with van der Waals surface area (Å²) in [5.41, 5.74) is 7.40. The minimum atomic E-state index is 0.0798. The summed E-state index contributed by atoms with van der Waals surface area (Å²) < 4.78 is 0. The minimum Gasteiger partial charge on any atom is -0.329 e. The van der Waals surface area contributed by atoms with E-state index >= 15 is 0 Å². The monoisotopic (exact) mass is 281 g/mol. The molecule has 0 spiro atoms. The van der Waals surface area contributed by atoms with E-state index in [2.05, 4.69) is 36.9 Å². The zero-order valence-electron chi connectivity index (χ0n) is 12.1. The van der Waals surface area contributed by atoms with Crippen LogP contribution in [0.25, 0.3) is 0 Å². The van der Waals surface area contributed by atoms with Crippen molar-refractivity contribution in [1.29, 1.82) is 0 Å². The Morgan fingerprint density at radius 2 is 2.26 bits per heavy atom. The predicted octanol–water partition coefficient (Wildman–Crippen LogP) is 2.19. The van der Waals surface area contributed by atoms with E-state index in [4.69, 9.17) is 17.3 Å². The fourth-order valence-electron chi connectivity index (χ4n) is 3.05. The maximum absolute atomic E-state index is 6.08. The first-order valence-corrected chi connectivity index (χ1v) is 7.21. The molecule has 2 unspecified atom stereocenters. The number of nitrogens with two attached hydrogens (primary N) is 1. The van der Waals surface area contributed by atoms with Gasteiger partial charge in [0.25, 0.3) is 0 Å². The lowest BCUT2D eigenvalue weighted by Gasteiger charge is -2.38. The number of hydrogen-bond donors (Lipinski definition) is 1. The molecule has 0 saturated carbocycles. The van der Waals surface area contributed by atoms with Crippen LogP contribution in [0.2, 0.25) is 5.02 Å². The summed E-state index contributed by atoms with van der Waals surface area (Å²) in [4.78, 5) is 4.78. The number of halogens is 1. The average molecular weight is 282 g/mol. The minimum absolute atomic E-state index is 0.0798. The summed E-state index contributed by atoms with van der Waals surface area (Å²) in [5.74, 6) is 0. The fourth-order valence-corrected chi connectivity index (χ4v) is 3.26. The van der Waals surface area contributed by atoms with Crippen LogP contribution < -0.4 is 5.73 Å². The summed E-state index contributed by atoms with van der Waals surface area (Å²) in [7, 11) is 4.34. The molecule has 0 aromatic heterocycles. The molecule has 3 nitrogen and oxygen atoms in total. The van der Waals surface area contributed by atoms with Crippen LogP contribution in [0, 0.1) is 0 Å².